The minimum absolute atomic E-state index is 0.123. The first-order chi connectivity index (χ1) is 10.8. The number of hydrogen-bond acceptors (Lipinski definition) is 4. The molecule has 6 nitrogen and oxygen atoms in total. The molecule has 0 aliphatic carbocycles. The topological polar surface area (TPSA) is 59.4 Å². The van der Waals surface area contributed by atoms with Gasteiger partial charge in [0.25, 0.3) is 0 Å². The van der Waals surface area contributed by atoms with Gasteiger partial charge in [-0.05, 0) is 59.1 Å². The smallest absolute Gasteiger partial charge is 0.407 e. The number of carbonyl (C=O) groups excluding carboxylic acids is 1. The first-order valence-electron chi connectivity index (χ1n) is 8.53. The summed E-state index contributed by atoms with van der Waals surface area (Å²) in [5.41, 5.74) is -0.452. The Bertz CT molecular complexity index is 481. The van der Waals surface area contributed by atoms with E-state index in [1.54, 1.807) is 0 Å². The highest BCUT2D eigenvalue weighted by Gasteiger charge is 2.27. The lowest BCUT2D eigenvalue weighted by Gasteiger charge is -2.36. The van der Waals surface area contributed by atoms with Crippen molar-refractivity contribution in [3.05, 3.63) is 18.5 Å². The number of rotatable bonds is 5. The van der Waals surface area contributed by atoms with E-state index in [0.29, 0.717) is 5.92 Å². The van der Waals surface area contributed by atoms with Crippen molar-refractivity contribution in [1.82, 2.24) is 20.0 Å². The lowest BCUT2D eigenvalue weighted by Crippen LogP contribution is -2.47. The van der Waals surface area contributed by atoms with E-state index in [1.165, 1.54) is 6.42 Å². The highest BCUT2D eigenvalue weighted by Crippen LogP contribution is 2.20. The summed E-state index contributed by atoms with van der Waals surface area (Å²) in [6.45, 7) is 11.8. The minimum atomic E-state index is -0.452. The molecule has 0 bridgehead atoms. The van der Waals surface area contributed by atoms with E-state index in [1.807, 2.05) is 43.9 Å². The zero-order chi connectivity index (χ0) is 16.9. The van der Waals surface area contributed by atoms with Crippen LogP contribution in [0.15, 0.2) is 18.5 Å². The Balaban J connectivity index is 1.76. The molecule has 0 radical (unpaired) electrons. The van der Waals surface area contributed by atoms with Crippen LogP contribution in [-0.2, 0) is 11.3 Å². The second kappa shape index (κ2) is 7.81. The van der Waals surface area contributed by atoms with E-state index in [9.17, 15) is 4.79 Å². The summed E-state index contributed by atoms with van der Waals surface area (Å²) in [5.74, 6) is 0.467. The fraction of sp³-hybridized carbons (Fsp3) is 0.765. The number of likely N-dealkylation sites (tertiary alicyclic amines) is 1. The number of ether oxygens (including phenoxy) is 1. The number of nitrogens with one attached hydrogen (secondary N) is 1. The van der Waals surface area contributed by atoms with Gasteiger partial charge in [0.1, 0.15) is 5.60 Å². The van der Waals surface area contributed by atoms with Crippen LogP contribution in [0, 0.1) is 5.92 Å². The van der Waals surface area contributed by atoms with Crippen LogP contribution in [0.25, 0.3) is 0 Å². The van der Waals surface area contributed by atoms with Gasteiger partial charge in [0.15, 0.2) is 0 Å². The normalized spacial score (nSPS) is 21.0. The maximum Gasteiger partial charge on any atom is 0.407 e. The summed E-state index contributed by atoms with van der Waals surface area (Å²) in [5, 5.41) is 7.24. The van der Waals surface area contributed by atoms with Gasteiger partial charge >= 0.3 is 6.09 Å². The van der Waals surface area contributed by atoms with E-state index in [2.05, 4.69) is 22.2 Å². The van der Waals surface area contributed by atoms with Crippen LogP contribution in [0.2, 0.25) is 0 Å². The highest BCUT2D eigenvalue weighted by molar-refractivity contribution is 5.68. The summed E-state index contributed by atoms with van der Waals surface area (Å²) in [7, 11) is 0. The second-order valence-electron chi connectivity index (χ2n) is 7.41. The molecule has 2 rings (SSSR count). The summed E-state index contributed by atoms with van der Waals surface area (Å²) in [6.07, 6.45) is 5.80. The average molecular weight is 322 g/mol. The predicted molar refractivity (Wildman–Crippen MR) is 90.2 cm³/mol. The molecule has 6 heteroatoms. The van der Waals surface area contributed by atoms with E-state index in [4.69, 9.17) is 4.74 Å². The molecule has 23 heavy (non-hydrogen) atoms. The molecule has 1 saturated heterocycles. The molecule has 1 aliphatic rings. The van der Waals surface area contributed by atoms with E-state index in [-0.39, 0.29) is 12.1 Å². The minimum Gasteiger partial charge on any atom is -0.444 e. The van der Waals surface area contributed by atoms with Crippen LogP contribution in [-0.4, -0.2) is 52.1 Å². The molecule has 130 valence electrons. The largest absolute Gasteiger partial charge is 0.444 e. The molecule has 1 fully saturated rings. The van der Waals surface area contributed by atoms with Crippen LogP contribution < -0.4 is 5.32 Å². The number of hydrogen-bond donors (Lipinski definition) is 1. The molecule has 2 atom stereocenters. The molecule has 1 aromatic heterocycles. The number of piperidine rings is 1. The summed E-state index contributed by atoms with van der Waals surface area (Å²) in [6, 6.07) is 2.07. The Kier molecular flexibility index (Phi) is 6.04. The maximum atomic E-state index is 11.9. The number of nitrogens with zero attached hydrogens (tertiary/aromatic N) is 3. The van der Waals surface area contributed by atoms with Crippen molar-refractivity contribution in [3.63, 3.8) is 0 Å². The average Bonchev–Trinajstić information content (AvgIpc) is 2.96. The number of amides is 1. The van der Waals surface area contributed by atoms with Crippen molar-refractivity contribution in [1.29, 1.82) is 0 Å². The van der Waals surface area contributed by atoms with Crippen molar-refractivity contribution in [2.24, 2.45) is 5.92 Å². The van der Waals surface area contributed by atoms with Crippen LogP contribution in [0.3, 0.4) is 0 Å². The number of aromatic nitrogens is 2. The van der Waals surface area contributed by atoms with Crippen molar-refractivity contribution < 1.29 is 9.53 Å². The van der Waals surface area contributed by atoms with Crippen molar-refractivity contribution in [2.45, 2.75) is 58.7 Å². The number of alkyl carbamates (subject to hydrolysis) is 1. The van der Waals surface area contributed by atoms with Gasteiger partial charge in [-0.15, -0.1) is 0 Å². The fourth-order valence-electron chi connectivity index (χ4n) is 2.99. The Morgan fingerprint density at radius 3 is 2.87 bits per heavy atom. The van der Waals surface area contributed by atoms with Crippen molar-refractivity contribution >= 4 is 6.09 Å². The third-order valence-corrected chi connectivity index (χ3v) is 4.20. The third-order valence-electron chi connectivity index (χ3n) is 4.20. The zero-order valence-electron chi connectivity index (χ0n) is 14.8. The van der Waals surface area contributed by atoms with Gasteiger partial charge < -0.3 is 15.0 Å². The molecule has 2 heterocycles. The van der Waals surface area contributed by atoms with Crippen LogP contribution in [0.1, 0.15) is 40.5 Å². The summed E-state index contributed by atoms with van der Waals surface area (Å²) < 4.78 is 7.31. The summed E-state index contributed by atoms with van der Waals surface area (Å²) >= 11 is 0. The van der Waals surface area contributed by atoms with Gasteiger partial charge in [-0.2, -0.15) is 5.10 Å². The first-order valence-corrected chi connectivity index (χ1v) is 8.53. The molecular formula is C17H30N4O2. The molecule has 1 amide bonds. The molecule has 0 saturated carbocycles. The second-order valence-corrected chi connectivity index (χ2v) is 7.41. The SMILES string of the molecule is C[C@H](NC(=O)OC(C)(C)C)[C@@H]1CCCN(CCn2cccn2)C1. The molecular weight excluding hydrogens is 292 g/mol. The number of carbonyl (C=O) groups is 1. The monoisotopic (exact) mass is 322 g/mol. The fourth-order valence-corrected chi connectivity index (χ4v) is 2.99. The van der Waals surface area contributed by atoms with Crippen molar-refractivity contribution in [3.8, 4) is 0 Å². The predicted octanol–water partition coefficient (Wildman–Crippen LogP) is 2.51. The van der Waals surface area contributed by atoms with Crippen LogP contribution in [0.4, 0.5) is 4.79 Å². The Morgan fingerprint density at radius 1 is 1.43 bits per heavy atom. The summed E-state index contributed by atoms with van der Waals surface area (Å²) in [4.78, 5) is 14.4. The Labute approximate surface area is 139 Å². The zero-order valence-corrected chi connectivity index (χ0v) is 14.8. The standard InChI is InChI=1S/C17H30N4O2/c1-14(19-16(22)23-17(2,3)4)15-7-5-9-20(13-15)11-12-21-10-6-8-18-21/h6,8,10,14-15H,5,7,9,11-13H2,1-4H3,(H,19,22)/t14-,15+/m0/s1. The van der Waals surface area contributed by atoms with Gasteiger partial charge in [0.2, 0.25) is 0 Å². The van der Waals surface area contributed by atoms with E-state index in [0.717, 1.165) is 32.6 Å². The lowest BCUT2D eigenvalue weighted by molar-refractivity contribution is 0.0467. The quantitative estimate of drug-likeness (QED) is 0.905. The van der Waals surface area contributed by atoms with Crippen LogP contribution >= 0.6 is 0 Å². The maximum absolute atomic E-state index is 11.9. The van der Waals surface area contributed by atoms with Gasteiger partial charge in [0.05, 0.1) is 6.54 Å². The van der Waals surface area contributed by atoms with Crippen LogP contribution in [0.5, 0.6) is 0 Å². The van der Waals surface area contributed by atoms with Crippen molar-refractivity contribution in [2.75, 3.05) is 19.6 Å². The molecule has 0 unspecified atom stereocenters. The van der Waals surface area contributed by atoms with Gasteiger partial charge in [-0.25, -0.2) is 4.79 Å². The molecule has 0 aromatic carbocycles. The molecule has 0 spiro atoms. The van der Waals surface area contributed by atoms with Gasteiger partial charge in [-0.1, -0.05) is 0 Å². The lowest BCUT2D eigenvalue weighted by atomic mass is 9.91. The Hall–Kier alpha value is -1.56. The molecule has 1 N–H and O–H groups in total. The molecule has 1 aromatic rings. The first kappa shape index (κ1) is 17.8. The third kappa shape index (κ3) is 6.22. The molecule has 1 aliphatic heterocycles. The van der Waals surface area contributed by atoms with Gasteiger partial charge in [0, 0.05) is 31.5 Å². The van der Waals surface area contributed by atoms with E-state index < -0.39 is 5.60 Å². The van der Waals surface area contributed by atoms with Gasteiger partial charge in [-0.3, -0.25) is 4.68 Å². The highest BCUT2D eigenvalue weighted by atomic mass is 16.6. The van der Waals surface area contributed by atoms with E-state index >= 15 is 0 Å². The Morgan fingerprint density at radius 2 is 2.22 bits per heavy atom.